The zero-order valence-electron chi connectivity index (χ0n) is 23.1. The van der Waals surface area contributed by atoms with Gasteiger partial charge in [-0.2, -0.15) is 4.98 Å². The molecule has 5 N–H and O–H groups in total. The molecule has 9 heteroatoms. The van der Waals surface area contributed by atoms with Gasteiger partial charge >= 0.3 is 0 Å². The molecular weight excluding hydrogens is 520 g/mol. The quantitative estimate of drug-likeness (QED) is 0.207. The maximum Gasteiger partial charge on any atom is 0.222 e. The maximum absolute atomic E-state index is 5.90. The number of anilines is 3. The maximum atomic E-state index is 5.90. The Hall–Kier alpha value is -4.56. The first-order chi connectivity index (χ1) is 19.2. The lowest BCUT2D eigenvalue weighted by Crippen LogP contribution is -2.08. The van der Waals surface area contributed by atoms with Crippen LogP contribution >= 0.6 is 11.6 Å². The van der Waals surface area contributed by atoms with Crippen molar-refractivity contribution >= 4 is 29.3 Å². The average Bonchev–Trinajstić information content (AvgIpc) is 2.92. The Morgan fingerprint density at radius 1 is 0.700 bits per heavy atom. The zero-order chi connectivity index (χ0) is 28.6. The normalized spacial score (nSPS) is 10.5. The molecule has 40 heavy (non-hydrogen) atoms. The molecule has 204 valence electrons. The van der Waals surface area contributed by atoms with Crippen LogP contribution in [0, 0.1) is 27.7 Å². The molecular formula is C31H33ClN8. The van der Waals surface area contributed by atoms with Crippen LogP contribution in [0.4, 0.5) is 17.7 Å². The van der Waals surface area contributed by atoms with Gasteiger partial charge in [-0.05, 0) is 74.1 Å². The molecule has 0 amide bonds. The summed E-state index contributed by atoms with van der Waals surface area (Å²) >= 11 is 5.86. The second-order valence-electron chi connectivity index (χ2n) is 9.46. The van der Waals surface area contributed by atoms with Crippen molar-refractivity contribution in [3.05, 3.63) is 106 Å². The van der Waals surface area contributed by atoms with Crippen LogP contribution in [0.3, 0.4) is 0 Å². The number of halogens is 1. The Morgan fingerprint density at radius 3 is 1.82 bits per heavy atom. The SMILES string of the molecule is Cc1cccc(-c2cc(Cl)nc(N)n2)c1C.Cc1cccc(-c2cc(NCCc3ccncc3)nc(N)n2)c1C. The van der Waals surface area contributed by atoms with Gasteiger partial charge in [-0.1, -0.05) is 48.0 Å². The third kappa shape index (κ3) is 7.30. The number of hydrogen-bond donors (Lipinski definition) is 3. The highest BCUT2D eigenvalue weighted by atomic mass is 35.5. The summed E-state index contributed by atoms with van der Waals surface area (Å²) in [6, 6.07) is 19.9. The number of nitrogens with one attached hydrogen (secondary N) is 1. The number of nitrogen functional groups attached to an aromatic ring is 2. The third-order valence-electron chi connectivity index (χ3n) is 6.69. The van der Waals surface area contributed by atoms with Crippen molar-refractivity contribution < 1.29 is 0 Å². The number of aryl methyl sites for hydroxylation is 2. The van der Waals surface area contributed by atoms with Crippen LogP contribution in [-0.4, -0.2) is 31.5 Å². The lowest BCUT2D eigenvalue weighted by Gasteiger charge is -2.11. The second-order valence-corrected chi connectivity index (χ2v) is 9.85. The van der Waals surface area contributed by atoms with E-state index in [9.17, 15) is 0 Å². The van der Waals surface area contributed by atoms with Gasteiger partial charge in [0.1, 0.15) is 11.0 Å². The molecule has 0 aliphatic heterocycles. The average molecular weight is 553 g/mol. The van der Waals surface area contributed by atoms with Crippen molar-refractivity contribution in [3.63, 3.8) is 0 Å². The predicted octanol–water partition coefficient (Wildman–Crippen LogP) is 6.39. The van der Waals surface area contributed by atoms with Gasteiger partial charge < -0.3 is 16.8 Å². The molecule has 0 aliphatic rings. The molecule has 5 aromatic rings. The number of nitrogens with two attached hydrogens (primary N) is 2. The van der Waals surface area contributed by atoms with Gasteiger partial charge in [0, 0.05) is 42.2 Å². The van der Waals surface area contributed by atoms with Gasteiger partial charge in [-0.25, -0.2) is 15.0 Å². The summed E-state index contributed by atoms with van der Waals surface area (Å²) < 4.78 is 0. The summed E-state index contributed by atoms with van der Waals surface area (Å²) in [5.41, 5.74) is 21.3. The Labute approximate surface area is 239 Å². The first-order valence-corrected chi connectivity index (χ1v) is 13.3. The largest absolute Gasteiger partial charge is 0.370 e. The summed E-state index contributed by atoms with van der Waals surface area (Å²) in [6.07, 6.45) is 4.50. The molecule has 0 aliphatic carbocycles. The lowest BCUT2D eigenvalue weighted by molar-refractivity contribution is 0.996. The van der Waals surface area contributed by atoms with Crippen molar-refractivity contribution in [2.45, 2.75) is 34.1 Å². The van der Waals surface area contributed by atoms with E-state index in [0.29, 0.717) is 5.15 Å². The Morgan fingerprint density at radius 2 is 1.25 bits per heavy atom. The number of aromatic nitrogens is 5. The number of pyridine rings is 1. The van der Waals surface area contributed by atoms with E-state index in [2.05, 4.69) is 76.1 Å². The minimum Gasteiger partial charge on any atom is -0.370 e. The van der Waals surface area contributed by atoms with Gasteiger partial charge in [0.05, 0.1) is 11.4 Å². The highest BCUT2D eigenvalue weighted by molar-refractivity contribution is 6.29. The number of hydrogen-bond acceptors (Lipinski definition) is 8. The van der Waals surface area contributed by atoms with Gasteiger partial charge in [-0.15, -0.1) is 0 Å². The van der Waals surface area contributed by atoms with Crippen molar-refractivity contribution in [1.29, 1.82) is 0 Å². The molecule has 3 aromatic heterocycles. The van der Waals surface area contributed by atoms with Gasteiger partial charge in [0.2, 0.25) is 11.9 Å². The predicted molar refractivity (Wildman–Crippen MR) is 164 cm³/mol. The summed E-state index contributed by atoms with van der Waals surface area (Å²) in [4.78, 5) is 20.7. The topological polar surface area (TPSA) is 129 Å². The van der Waals surface area contributed by atoms with Crippen molar-refractivity contribution in [2.75, 3.05) is 23.3 Å². The first kappa shape index (κ1) is 28.4. The zero-order valence-corrected chi connectivity index (χ0v) is 23.9. The van der Waals surface area contributed by atoms with Crippen LogP contribution in [0.25, 0.3) is 22.5 Å². The lowest BCUT2D eigenvalue weighted by atomic mass is 10.0. The number of rotatable bonds is 6. The standard InChI is InChI=1S/C19H21N5.C12H12ClN3/c1-13-4-3-5-16(14(13)2)17-12-18(24-19(20)23-17)22-11-8-15-6-9-21-10-7-15;1-7-4-3-5-9(8(7)2)10-6-11(13)16-12(14)15-10/h3-7,9-10,12H,8,11H2,1-2H3,(H3,20,22,23,24);3-6H,1-2H3,(H2,14,15,16). The van der Waals surface area contributed by atoms with Crippen LogP contribution in [0.5, 0.6) is 0 Å². The molecule has 0 spiro atoms. The van der Waals surface area contributed by atoms with Crippen molar-refractivity contribution in [2.24, 2.45) is 0 Å². The van der Waals surface area contributed by atoms with Crippen LogP contribution in [0.2, 0.25) is 5.15 Å². The summed E-state index contributed by atoms with van der Waals surface area (Å²) in [6.45, 7) is 9.07. The second kappa shape index (κ2) is 13.0. The molecule has 0 fully saturated rings. The minimum absolute atomic E-state index is 0.198. The summed E-state index contributed by atoms with van der Waals surface area (Å²) in [5, 5.41) is 3.69. The smallest absolute Gasteiger partial charge is 0.222 e. The molecule has 3 heterocycles. The molecule has 2 aromatic carbocycles. The Kier molecular flexibility index (Phi) is 9.24. The van der Waals surface area contributed by atoms with Gasteiger partial charge in [0.15, 0.2) is 0 Å². The van der Waals surface area contributed by atoms with Crippen molar-refractivity contribution in [1.82, 2.24) is 24.9 Å². The number of nitrogens with zero attached hydrogens (tertiary/aromatic N) is 5. The third-order valence-corrected chi connectivity index (χ3v) is 6.88. The molecule has 0 atom stereocenters. The molecule has 0 radical (unpaired) electrons. The van der Waals surface area contributed by atoms with E-state index in [-0.39, 0.29) is 11.9 Å². The van der Waals surface area contributed by atoms with E-state index < -0.39 is 0 Å². The first-order valence-electron chi connectivity index (χ1n) is 12.9. The highest BCUT2D eigenvalue weighted by Crippen LogP contribution is 2.27. The molecule has 0 bridgehead atoms. The summed E-state index contributed by atoms with van der Waals surface area (Å²) in [5.74, 6) is 1.22. The van der Waals surface area contributed by atoms with Crippen LogP contribution < -0.4 is 16.8 Å². The van der Waals surface area contributed by atoms with E-state index in [1.165, 1.54) is 27.8 Å². The monoisotopic (exact) mass is 552 g/mol. The highest BCUT2D eigenvalue weighted by Gasteiger charge is 2.09. The number of benzene rings is 2. The molecule has 5 rings (SSSR count). The fourth-order valence-electron chi connectivity index (χ4n) is 4.21. The van der Waals surface area contributed by atoms with Gasteiger partial charge in [0.25, 0.3) is 0 Å². The van der Waals surface area contributed by atoms with Crippen LogP contribution in [-0.2, 0) is 6.42 Å². The molecule has 0 saturated heterocycles. The Bertz CT molecular complexity index is 1590. The molecule has 0 unspecified atom stereocenters. The van der Waals surface area contributed by atoms with E-state index in [0.717, 1.165) is 41.3 Å². The van der Waals surface area contributed by atoms with Crippen LogP contribution in [0.15, 0.2) is 73.1 Å². The fraction of sp³-hybridized carbons (Fsp3) is 0.194. The van der Waals surface area contributed by atoms with E-state index in [4.69, 9.17) is 23.1 Å². The molecule has 0 saturated carbocycles. The van der Waals surface area contributed by atoms with Crippen molar-refractivity contribution in [3.8, 4) is 22.5 Å². The minimum atomic E-state index is 0.198. The van der Waals surface area contributed by atoms with E-state index in [1.807, 2.05) is 36.4 Å². The Balaban J connectivity index is 0.000000201. The summed E-state index contributed by atoms with van der Waals surface area (Å²) in [7, 11) is 0. The fourth-order valence-corrected chi connectivity index (χ4v) is 4.40. The van der Waals surface area contributed by atoms with Crippen LogP contribution in [0.1, 0.15) is 27.8 Å². The van der Waals surface area contributed by atoms with Gasteiger partial charge in [-0.3, -0.25) is 4.98 Å². The van der Waals surface area contributed by atoms with E-state index >= 15 is 0 Å². The van der Waals surface area contributed by atoms with E-state index in [1.54, 1.807) is 18.5 Å². The molecule has 8 nitrogen and oxygen atoms in total.